The summed E-state index contributed by atoms with van der Waals surface area (Å²) < 4.78 is 5.10. The van der Waals surface area contributed by atoms with Crippen molar-refractivity contribution in [1.82, 2.24) is 9.97 Å². The Bertz CT molecular complexity index is 1030. The van der Waals surface area contributed by atoms with Gasteiger partial charge in [0.25, 0.3) is 0 Å². The third-order valence-electron chi connectivity index (χ3n) is 3.81. The van der Waals surface area contributed by atoms with Crippen molar-refractivity contribution in [2.24, 2.45) is 0 Å². The number of anilines is 4. The van der Waals surface area contributed by atoms with Crippen LogP contribution < -0.4 is 10.6 Å². The summed E-state index contributed by atoms with van der Waals surface area (Å²) in [5.74, 6) is 1.30. The van der Waals surface area contributed by atoms with Crippen molar-refractivity contribution in [3.63, 3.8) is 0 Å². The number of hydrogen-bond donors (Lipinski definition) is 2. The highest BCUT2D eigenvalue weighted by Gasteiger charge is 2.13. The largest absolute Gasteiger partial charge is 0.462 e. The van der Waals surface area contributed by atoms with Gasteiger partial charge in [0.1, 0.15) is 17.5 Å². The Labute approximate surface area is 163 Å². The second-order valence-electron chi connectivity index (χ2n) is 5.89. The molecule has 0 atom stereocenters. The van der Waals surface area contributed by atoms with Crippen molar-refractivity contribution < 1.29 is 9.53 Å². The van der Waals surface area contributed by atoms with E-state index in [9.17, 15) is 4.79 Å². The van der Waals surface area contributed by atoms with E-state index >= 15 is 0 Å². The third kappa shape index (κ3) is 4.62. The van der Waals surface area contributed by atoms with E-state index in [1.807, 2.05) is 6.07 Å². The van der Waals surface area contributed by atoms with Crippen molar-refractivity contribution >= 4 is 29.0 Å². The van der Waals surface area contributed by atoms with Crippen LogP contribution in [0.3, 0.4) is 0 Å². The van der Waals surface area contributed by atoms with Gasteiger partial charge in [-0.25, -0.2) is 14.8 Å². The summed E-state index contributed by atoms with van der Waals surface area (Å²) in [6, 6.07) is 18.0. The zero-order valence-corrected chi connectivity index (χ0v) is 15.6. The van der Waals surface area contributed by atoms with Crippen molar-refractivity contribution in [3.05, 3.63) is 71.5 Å². The van der Waals surface area contributed by atoms with Gasteiger partial charge >= 0.3 is 5.97 Å². The maximum absolute atomic E-state index is 12.2. The first kappa shape index (κ1) is 18.9. The number of aryl methyl sites for hydroxylation is 1. The van der Waals surface area contributed by atoms with Gasteiger partial charge in [-0.3, -0.25) is 0 Å². The number of esters is 1. The van der Waals surface area contributed by atoms with E-state index in [2.05, 4.69) is 26.7 Å². The lowest BCUT2D eigenvalue weighted by atomic mass is 10.2. The van der Waals surface area contributed by atoms with Gasteiger partial charge in [-0.1, -0.05) is 12.1 Å². The molecule has 1 aromatic heterocycles. The highest BCUT2D eigenvalue weighted by molar-refractivity contribution is 5.96. The molecule has 0 radical (unpaired) electrons. The molecule has 7 nitrogen and oxygen atoms in total. The van der Waals surface area contributed by atoms with Gasteiger partial charge in [0.05, 0.1) is 29.5 Å². The van der Waals surface area contributed by atoms with Gasteiger partial charge in [0.15, 0.2) is 0 Å². The highest BCUT2D eigenvalue weighted by atomic mass is 16.5. The molecule has 3 aromatic rings. The van der Waals surface area contributed by atoms with E-state index in [0.717, 1.165) is 5.69 Å². The lowest BCUT2D eigenvalue weighted by Crippen LogP contribution is -2.09. The summed E-state index contributed by atoms with van der Waals surface area (Å²) >= 11 is 0. The van der Waals surface area contributed by atoms with Crippen molar-refractivity contribution in [3.8, 4) is 6.07 Å². The van der Waals surface area contributed by atoms with E-state index < -0.39 is 5.97 Å². The van der Waals surface area contributed by atoms with E-state index in [1.54, 1.807) is 62.4 Å². The fourth-order valence-corrected chi connectivity index (χ4v) is 2.59. The molecule has 7 heteroatoms. The van der Waals surface area contributed by atoms with E-state index in [1.165, 1.54) is 0 Å². The monoisotopic (exact) mass is 373 g/mol. The number of rotatable bonds is 6. The first-order valence-corrected chi connectivity index (χ1v) is 8.75. The molecule has 0 aliphatic rings. The van der Waals surface area contributed by atoms with Gasteiger partial charge in [-0.05, 0) is 50.2 Å². The third-order valence-corrected chi connectivity index (χ3v) is 3.81. The molecular formula is C21H19N5O2. The Morgan fingerprint density at radius 3 is 2.43 bits per heavy atom. The Morgan fingerprint density at radius 2 is 1.75 bits per heavy atom. The number of ether oxygens (including phenoxy) is 1. The predicted octanol–water partition coefficient (Wildman–Crippen LogP) is 4.32. The minimum Gasteiger partial charge on any atom is -0.462 e. The number of nitrogens with zero attached hydrogens (tertiary/aromatic N) is 3. The van der Waals surface area contributed by atoms with Crippen LogP contribution in [-0.4, -0.2) is 22.5 Å². The number of carbonyl (C=O) groups is 1. The number of aromatic nitrogens is 2. The summed E-state index contributed by atoms with van der Waals surface area (Å²) in [4.78, 5) is 20.9. The lowest BCUT2D eigenvalue weighted by molar-refractivity contribution is 0.0527. The molecule has 2 N–H and O–H groups in total. The number of hydrogen-bond acceptors (Lipinski definition) is 7. The van der Waals surface area contributed by atoms with Crippen LogP contribution in [0.5, 0.6) is 0 Å². The normalized spacial score (nSPS) is 10.0. The minimum atomic E-state index is -0.396. The molecule has 0 aliphatic carbocycles. The maximum atomic E-state index is 12.2. The fraction of sp³-hybridized carbons (Fsp3) is 0.143. The average molecular weight is 373 g/mol. The minimum absolute atomic E-state index is 0.304. The summed E-state index contributed by atoms with van der Waals surface area (Å²) in [5.41, 5.74) is 2.42. The van der Waals surface area contributed by atoms with Crippen LogP contribution in [0.1, 0.15) is 28.7 Å². The number of carbonyl (C=O) groups excluding carboxylic acids is 1. The standard InChI is InChI=1S/C21H19N5O2/c1-3-28-21(27)17-6-4-5-7-18(17)26-20-12-19(23-14(2)24-20)25-16-10-8-15(13-22)9-11-16/h4-12H,3H2,1-2H3,(H2,23,24,25,26). The molecule has 0 saturated carbocycles. The summed E-state index contributed by atoms with van der Waals surface area (Å²) in [7, 11) is 0. The molecule has 28 heavy (non-hydrogen) atoms. The first-order valence-electron chi connectivity index (χ1n) is 8.75. The van der Waals surface area contributed by atoms with Crippen LogP contribution in [0, 0.1) is 18.3 Å². The number of nitrogens with one attached hydrogen (secondary N) is 2. The molecule has 1 heterocycles. The molecule has 0 unspecified atom stereocenters. The Balaban J connectivity index is 1.84. The molecule has 0 spiro atoms. The second-order valence-corrected chi connectivity index (χ2v) is 5.89. The van der Waals surface area contributed by atoms with Gasteiger partial charge < -0.3 is 15.4 Å². The van der Waals surface area contributed by atoms with Crippen LogP contribution >= 0.6 is 0 Å². The molecule has 0 amide bonds. The summed E-state index contributed by atoms with van der Waals surface area (Å²) in [6.07, 6.45) is 0. The molecule has 0 fully saturated rings. The predicted molar refractivity (Wildman–Crippen MR) is 107 cm³/mol. The van der Waals surface area contributed by atoms with Crippen LogP contribution in [0.25, 0.3) is 0 Å². The summed E-state index contributed by atoms with van der Waals surface area (Å²) in [6.45, 7) is 3.85. The smallest absolute Gasteiger partial charge is 0.340 e. The second kappa shape index (κ2) is 8.64. The van der Waals surface area contributed by atoms with Crippen LogP contribution in [0.2, 0.25) is 0 Å². The average Bonchev–Trinajstić information content (AvgIpc) is 2.69. The number of nitriles is 1. The maximum Gasteiger partial charge on any atom is 0.340 e. The number of para-hydroxylation sites is 1. The molecule has 0 bridgehead atoms. The quantitative estimate of drug-likeness (QED) is 0.621. The molecule has 2 aromatic carbocycles. The molecule has 0 saturated heterocycles. The van der Waals surface area contributed by atoms with E-state index in [0.29, 0.717) is 40.9 Å². The topological polar surface area (TPSA) is 99.9 Å². The van der Waals surface area contributed by atoms with Crippen molar-refractivity contribution in [1.29, 1.82) is 5.26 Å². The molecular weight excluding hydrogens is 354 g/mol. The van der Waals surface area contributed by atoms with Crippen LogP contribution in [0.4, 0.5) is 23.0 Å². The Morgan fingerprint density at radius 1 is 1.07 bits per heavy atom. The van der Waals surface area contributed by atoms with Crippen molar-refractivity contribution in [2.75, 3.05) is 17.2 Å². The number of benzene rings is 2. The molecule has 0 aliphatic heterocycles. The van der Waals surface area contributed by atoms with Gasteiger partial charge in [-0.2, -0.15) is 5.26 Å². The summed E-state index contributed by atoms with van der Waals surface area (Å²) in [5, 5.41) is 15.2. The lowest BCUT2D eigenvalue weighted by Gasteiger charge is -2.13. The zero-order chi connectivity index (χ0) is 19.9. The highest BCUT2D eigenvalue weighted by Crippen LogP contribution is 2.23. The first-order chi connectivity index (χ1) is 13.6. The van der Waals surface area contributed by atoms with Gasteiger partial charge in [0, 0.05) is 11.8 Å². The van der Waals surface area contributed by atoms with Gasteiger partial charge in [0.2, 0.25) is 0 Å². The zero-order valence-electron chi connectivity index (χ0n) is 15.6. The van der Waals surface area contributed by atoms with Gasteiger partial charge in [-0.15, -0.1) is 0 Å². The van der Waals surface area contributed by atoms with E-state index in [4.69, 9.17) is 10.00 Å². The SMILES string of the molecule is CCOC(=O)c1ccccc1Nc1cc(Nc2ccc(C#N)cc2)nc(C)n1. The van der Waals surface area contributed by atoms with Crippen LogP contribution in [-0.2, 0) is 4.74 Å². The van der Waals surface area contributed by atoms with Crippen LogP contribution in [0.15, 0.2) is 54.6 Å². The Kier molecular flexibility index (Phi) is 5.82. The molecule has 3 rings (SSSR count). The fourth-order valence-electron chi connectivity index (χ4n) is 2.59. The van der Waals surface area contributed by atoms with Crippen molar-refractivity contribution in [2.45, 2.75) is 13.8 Å². The van der Waals surface area contributed by atoms with E-state index in [-0.39, 0.29) is 0 Å². The Hall–Kier alpha value is -3.92. The molecule has 140 valence electrons.